The third-order valence-electron chi connectivity index (χ3n) is 30.3. The monoisotopic (exact) mass is 2480 g/mol. The van der Waals surface area contributed by atoms with Crippen LogP contribution in [0.3, 0.4) is 0 Å². The van der Waals surface area contributed by atoms with E-state index in [0.717, 1.165) is 169 Å². The maximum Gasteiger partial charge on any atom is 2.00 e. The zero-order valence-corrected chi connectivity index (χ0v) is 94.6. The standard InChI is InChI=1S/C45H43N5.C42H37N5O.C42H37N5.3Pt/c1-28-23-29(2)50(48-28)35-16-14-15-33(24-35)45(38-19-12-10-17-36(38)37-18-11-13-20-39(37)45)34-25-40(42-47-30(3)31(4)49(42)27-34)44(8,9)41-26-32(21-22-46-41)43(5,6)7;1-26-21-27(2)47(45-26)33-14-12-13-31(22-33)42(36-17-10-8-15-34(36)35-16-9-11-18-37(35)42)32-23-38(40-44-28(3)29(4)46(40)25-32)48-39-24-30(19-20-43-39)41(5,6)7;1-26-21-27(2)47(45-26)33-14-12-13-31(22-33)42(37-17-10-8-15-34(37)35-16-9-11-18-38(35)42)32-23-36(40-44-28(3)29(4)46(40)25-32)39-24-30(19-20-43-39)41(5,6)7;;;/h10-23,26-27H,1-9H3;8-21,24-25H,1-7H3;8-21,24-25H,1-7H3;;;/q3*-2;3*+2. The molecule has 19 heteroatoms. The molecule has 0 aliphatic heterocycles. The molecule has 9 aromatic carbocycles. The molecule has 0 N–H and O–H groups in total. The van der Waals surface area contributed by atoms with Gasteiger partial charge >= 0.3 is 63.2 Å². The second kappa shape index (κ2) is 38.6. The number of ether oxygens (including phenoxy) is 1. The second-order valence-electron chi connectivity index (χ2n) is 43.1. The summed E-state index contributed by atoms with van der Waals surface area (Å²) in [6.07, 6.45) is 12.4. The summed E-state index contributed by atoms with van der Waals surface area (Å²) in [6.45, 7) is 49.5. The van der Waals surface area contributed by atoms with Crippen molar-refractivity contribution in [3.05, 3.63) is 491 Å². The van der Waals surface area contributed by atoms with Gasteiger partial charge in [-0.15, -0.1) is 63.7 Å². The van der Waals surface area contributed by atoms with Gasteiger partial charge in [-0.25, -0.2) is 4.98 Å². The molecule has 0 unspecified atom stereocenters. The third-order valence-corrected chi connectivity index (χ3v) is 30.3. The van der Waals surface area contributed by atoms with Crippen molar-refractivity contribution < 1.29 is 67.9 Å². The first-order valence-corrected chi connectivity index (χ1v) is 50.1. The van der Waals surface area contributed by atoms with Crippen LogP contribution in [0.2, 0.25) is 0 Å². The molecule has 3 aliphatic carbocycles. The number of pyridine rings is 6. The Morgan fingerprint density at radius 3 is 0.980 bits per heavy atom. The van der Waals surface area contributed by atoms with Crippen molar-refractivity contribution in [3.8, 4) is 73.3 Å². The van der Waals surface area contributed by atoms with E-state index in [1.165, 1.54) is 66.8 Å². The van der Waals surface area contributed by atoms with Gasteiger partial charge in [0.1, 0.15) is 0 Å². The van der Waals surface area contributed by atoms with E-state index in [0.29, 0.717) is 17.3 Å². The topological polar surface area (TPSA) is 153 Å². The Kier molecular flexibility index (Phi) is 26.8. The normalized spacial score (nSPS) is 13.4. The van der Waals surface area contributed by atoms with Crippen LogP contribution in [0.15, 0.2) is 292 Å². The van der Waals surface area contributed by atoms with Crippen LogP contribution in [0.25, 0.3) is 78.6 Å². The van der Waals surface area contributed by atoms with E-state index in [2.05, 4.69) is 447 Å². The van der Waals surface area contributed by atoms with Gasteiger partial charge in [0.25, 0.3) is 0 Å². The van der Waals surface area contributed by atoms with E-state index in [1.54, 1.807) is 0 Å². The summed E-state index contributed by atoms with van der Waals surface area (Å²) in [7, 11) is 0. The quantitative estimate of drug-likeness (QED) is 0.0962. The maximum absolute atomic E-state index is 6.69. The molecule has 3 aliphatic rings. The van der Waals surface area contributed by atoms with Gasteiger partial charge in [0.2, 0.25) is 5.88 Å². The number of aromatic nitrogens is 15. The van der Waals surface area contributed by atoms with Crippen LogP contribution in [-0.4, -0.2) is 72.4 Å². The molecule has 21 aromatic rings. The van der Waals surface area contributed by atoms with Crippen LogP contribution in [0.1, 0.15) is 239 Å². The summed E-state index contributed by atoms with van der Waals surface area (Å²) in [5.41, 5.74) is 42.5. The van der Waals surface area contributed by atoms with Crippen molar-refractivity contribution in [2.45, 2.75) is 197 Å². The minimum Gasteiger partial charge on any atom is -0.462 e. The molecule has 0 bridgehead atoms. The number of nitrogens with zero attached hydrogens (tertiary/aromatic N) is 15. The van der Waals surface area contributed by atoms with Crippen LogP contribution in [0, 0.1) is 119 Å². The average Bonchev–Trinajstić information content (AvgIpc) is 1.44. The van der Waals surface area contributed by atoms with E-state index >= 15 is 0 Å². The van der Waals surface area contributed by atoms with Crippen molar-refractivity contribution in [1.29, 1.82) is 0 Å². The van der Waals surface area contributed by atoms with Gasteiger partial charge in [-0.3, -0.25) is 34.0 Å². The second-order valence-corrected chi connectivity index (χ2v) is 43.1. The van der Waals surface area contributed by atoms with Crippen molar-refractivity contribution >= 4 is 16.9 Å². The molecule has 12 aromatic heterocycles. The summed E-state index contributed by atoms with van der Waals surface area (Å²) in [6, 6.07) is 114. The van der Waals surface area contributed by atoms with E-state index in [-0.39, 0.29) is 79.4 Å². The number of benzene rings is 9. The first-order valence-electron chi connectivity index (χ1n) is 50.1. The van der Waals surface area contributed by atoms with Gasteiger partial charge in [0, 0.05) is 109 Å². The maximum atomic E-state index is 6.69. The van der Waals surface area contributed by atoms with E-state index in [4.69, 9.17) is 45.0 Å². The minimum atomic E-state index is -0.767. The Balaban J connectivity index is 0.000000138. The van der Waals surface area contributed by atoms with E-state index < -0.39 is 21.7 Å². The van der Waals surface area contributed by atoms with Gasteiger partial charge in [-0.1, -0.05) is 258 Å². The SMILES string of the molecule is Cc1cc(C)n(-c2[c-]c(C3(c4[c-]c(-c5cc(C(C)(C)C)ccn5)c5nc(C)c(C)n5c4)c4ccccc4-c4ccccc43)ccc2)n1.Cc1cc(C)n(-c2[c-]c(C3(c4[c-]c(C(C)(C)c5cc(C(C)(C)C)ccn5)c5nc(C)c(C)n5c4)c4ccccc4-c4ccccc43)ccc2)n1.Cc1cc(C)n(-c2[c-]c(C3(c4[c-]c(Oc5cc(C(C)(C)C)ccn5)c5nc(C)c(C)n5c4)c4ccccc4-c4ccccc43)ccc2)n1.[Pt+2].[Pt+2].[Pt+2]. The Hall–Kier alpha value is -14.0. The van der Waals surface area contributed by atoms with Crippen LogP contribution >= 0.6 is 0 Å². The molecule has 12 heterocycles. The van der Waals surface area contributed by atoms with Crippen LogP contribution < -0.4 is 4.74 Å². The fourth-order valence-corrected chi connectivity index (χ4v) is 22.5. The van der Waals surface area contributed by atoms with Crippen LogP contribution in [0.4, 0.5) is 0 Å². The summed E-state index contributed by atoms with van der Waals surface area (Å²) in [5, 5.41) is 14.5. The predicted octanol–water partition coefficient (Wildman–Crippen LogP) is 28.0. The average molecular weight is 2480 g/mol. The van der Waals surface area contributed by atoms with Gasteiger partial charge in [-0.05, 0) is 248 Å². The Bertz CT molecular complexity index is 8650. The fraction of sp³-hybridized carbons (Fsp3) is 0.233. The predicted molar refractivity (Wildman–Crippen MR) is 579 cm³/mol. The molecule has 24 rings (SSSR count). The van der Waals surface area contributed by atoms with Gasteiger partial charge < -0.3 is 22.9 Å². The largest absolute Gasteiger partial charge is 2.00 e. The van der Waals surface area contributed by atoms with Crippen molar-refractivity contribution in [3.63, 3.8) is 0 Å². The summed E-state index contributed by atoms with van der Waals surface area (Å²) in [4.78, 5) is 29.7. The molecule has 0 amide bonds. The zero-order chi connectivity index (χ0) is 101. The number of imidazole rings is 3. The summed E-state index contributed by atoms with van der Waals surface area (Å²) < 4.78 is 19.3. The fourth-order valence-electron chi connectivity index (χ4n) is 22.5. The van der Waals surface area contributed by atoms with Crippen molar-refractivity contribution in [2.75, 3.05) is 0 Å². The molecule has 0 atom stereocenters. The van der Waals surface area contributed by atoms with Gasteiger partial charge in [0.15, 0.2) is 0 Å². The third kappa shape index (κ3) is 16.9. The van der Waals surface area contributed by atoms with Crippen LogP contribution in [-0.2, 0) is 101 Å². The zero-order valence-electron chi connectivity index (χ0n) is 87.8. The Morgan fingerprint density at radius 1 is 0.291 bits per heavy atom. The minimum absolute atomic E-state index is 0. The summed E-state index contributed by atoms with van der Waals surface area (Å²) in [5.74, 6) is 1.04. The van der Waals surface area contributed by atoms with E-state index in [1.807, 2.05) is 72.5 Å². The molecule has 0 spiro atoms. The molecule has 16 nitrogen and oxygen atoms in total. The molecular weight excluding hydrogens is 2360 g/mol. The van der Waals surface area contributed by atoms with Crippen molar-refractivity contribution in [2.24, 2.45) is 0 Å². The molecule has 148 heavy (non-hydrogen) atoms. The molecule has 0 fully saturated rings. The molecule has 0 saturated heterocycles. The molecular formula is C129H117N15OPt3. The van der Waals surface area contributed by atoms with Crippen molar-refractivity contribution in [1.82, 2.24) is 72.4 Å². The van der Waals surface area contributed by atoms with Gasteiger partial charge in [-0.2, -0.15) is 76.0 Å². The molecule has 744 valence electrons. The van der Waals surface area contributed by atoms with E-state index in [9.17, 15) is 0 Å². The number of hydrogen-bond acceptors (Lipinski definition) is 10. The number of hydrogen-bond donors (Lipinski definition) is 0. The first kappa shape index (κ1) is 103. The smallest absolute Gasteiger partial charge is 0.462 e. The Labute approximate surface area is 911 Å². The van der Waals surface area contributed by atoms with Crippen LogP contribution in [0.5, 0.6) is 11.6 Å². The molecule has 0 radical (unpaired) electrons. The Morgan fingerprint density at radius 2 is 0.608 bits per heavy atom. The van der Waals surface area contributed by atoms with Gasteiger partial charge in [0.05, 0.1) is 34.1 Å². The number of aryl methyl sites for hydroxylation is 12. The number of fused-ring (bicyclic) bond motifs is 12. The number of rotatable bonds is 14. The first-order chi connectivity index (χ1) is 69.4. The molecule has 0 saturated carbocycles. The summed E-state index contributed by atoms with van der Waals surface area (Å²) >= 11 is 0.